The van der Waals surface area contributed by atoms with Gasteiger partial charge in [0, 0.05) is 6.04 Å². The first-order chi connectivity index (χ1) is 9.79. The van der Waals surface area contributed by atoms with E-state index in [4.69, 9.17) is 0 Å². The number of nitrogens with one attached hydrogen (secondary N) is 1. The highest BCUT2D eigenvalue weighted by molar-refractivity contribution is 5.83. The zero-order valence-corrected chi connectivity index (χ0v) is 12.7. The lowest BCUT2D eigenvalue weighted by molar-refractivity contribution is 0.195. The lowest BCUT2D eigenvalue weighted by Crippen LogP contribution is -2.34. The maximum atomic E-state index is 3.62. The molecule has 1 unspecified atom stereocenters. The van der Waals surface area contributed by atoms with Crippen LogP contribution in [0.15, 0.2) is 42.5 Å². The Morgan fingerprint density at radius 2 is 1.75 bits per heavy atom. The molecule has 1 aliphatic carbocycles. The van der Waals surface area contributed by atoms with Gasteiger partial charge in [-0.3, -0.25) is 0 Å². The van der Waals surface area contributed by atoms with Crippen LogP contribution in [0.1, 0.15) is 50.6 Å². The van der Waals surface area contributed by atoms with Crippen molar-refractivity contribution in [2.45, 2.75) is 45.1 Å². The van der Waals surface area contributed by atoms with Gasteiger partial charge in [-0.25, -0.2) is 0 Å². The first-order valence-corrected chi connectivity index (χ1v) is 7.95. The van der Waals surface area contributed by atoms with E-state index in [1.165, 1.54) is 48.4 Å². The van der Waals surface area contributed by atoms with Crippen molar-refractivity contribution in [2.75, 3.05) is 7.05 Å². The topological polar surface area (TPSA) is 12.0 Å². The van der Waals surface area contributed by atoms with Crippen LogP contribution < -0.4 is 5.32 Å². The van der Waals surface area contributed by atoms with E-state index in [9.17, 15) is 0 Å². The second-order valence-electron chi connectivity index (χ2n) is 6.25. The van der Waals surface area contributed by atoms with Crippen molar-refractivity contribution in [1.82, 2.24) is 5.32 Å². The van der Waals surface area contributed by atoms with Gasteiger partial charge in [-0.05, 0) is 54.1 Å². The SMILES string of the molecule is CCC1(C(NC)c2ccc3ccccc3c2)CCCC1. The van der Waals surface area contributed by atoms with E-state index in [2.05, 4.69) is 61.8 Å². The molecule has 2 aromatic carbocycles. The fourth-order valence-corrected chi connectivity index (χ4v) is 4.14. The summed E-state index contributed by atoms with van der Waals surface area (Å²) >= 11 is 0. The van der Waals surface area contributed by atoms with Crippen molar-refractivity contribution in [3.63, 3.8) is 0 Å². The van der Waals surface area contributed by atoms with Gasteiger partial charge in [0.05, 0.1) is 0 Å². The normalized spacial score (nSPS) is 19.3. The summed E-state index contributed by atoms with van der Waals surface area (Å²) in [5, 5.41) is 6.31. The van der Waals surface area contributed by atoms with Crippen LogP contribution in [0, 0.1) is 5.41 Å². The van der Waals surface area contributed by atoms with Crippen LogP contribution in [0.2, 0.25) is 0 Å². The van der Waals surface area contributed by atoms with E-state index in [0.717, 1.165) is 0 Å². The minimum absolute atomic E-state index is 0.456. The molecule has 1 aliphatic rings. The maximum Gasteiger partial charge on any atom is 0.0374 e. The first kappa shape index (κ1) is 13.6. The Labute approximate surface area is 122 Å². The molecule has 0 saturated heterocycles. The van der Waals surface area contributed by atoms with Gasteiger partial charge in [-0.2, -0.15) is 0 Å². The van der Waals surface area contributed by atoms with Gasteiger partial charge in [0.25, 0.3) is 0 Å². The number of fused-ring (bicyclic) bond motifs is 1. The average molecular weight is 267 g/mol. The molecule has 1 fully saturated rings. The van der Waals surface area contributed by atoms with Crippen LogP contribution in [0.3, 0.4) is 0 Å². The largest absolute Gasteiger partial charge is 0.313 e. The lowest BCUT2D eigenvalue weighted by atomic mass is 9.73. The molecule has 0 spiro atoms. The van der Waals surface area contributed by atoms with Crippen molar-refractivity contribution < 1.29 is 0 Å². The van der Waals surface area contributed by atoms with Gasteiger partial charge in [-0.1, -0.05) is 56.2 Å². The molecule has 1 N–H and O–H groups in total. The smallest absolute Gasteiger partial charge is 0.0374 e. The summed E-state index contributed by atoms with van der Waals surface area (Å²) in [6, 6.07) is 16.1. The zero-order valence-electron chi connectivity index (χ0n) is 12.7. The van der Waals surface area contributed by atoms with Crippen LogP contribution in [0.25, 0.3) is 10.8 Å². The summed E-state index contributed by atoms with van der Waals surface area (Å²) in [5.74, 6) is 0. The molecule has 1 nitrogen and oxygen atoms in total. The molecule has 3 rings (SSSR count). The molecule has 0 amide bonds. The van der Waals surface area contributed by atoms with Crippen LogP contribution in [-0.2, 0) is 0 Å². The Morgan fingerprint density at radius 3 is 2.40 bits per heavy atom. The second kappa shape index (κ2) is 5.57. The molecular formula is C19H25N. The molecule has 0 bridgehead atoms. The number of benzene rings is 2. The lowest BCUT2D eigenvalue weighted by Gasteiger charge is -2.37. The minimum Gasteiger partial charge on any atom is -0.313 e. The molecule has 0 aromatic heterocycles. The van der Waals surface area contributed by atoms with Crippen molar-refractivity contribution in [3.05, 3.63) is 48.0 Å². The summed E-state index contributed by atoms with van der Waals surface area (Å²) in [5.41, 5.74) is 1.91. The molecule has 2 aromatic rings. The van der Waals surface area contributed by atoms with E-state index >= 15 is 0 Å². The molecule has 0 radical (unpaired) electrons. The number of hydrogen-bond donors (Lipinski definition) is 1. The average Bonchev–Trinajstić information content (AvgIpc) is 2.98. The molecule has 0 aliphatic heterocycles. The summed E-state index contributed by atoms with van der Waals surface area (Å²) in [7, 11) is 2.12. The standard InChI is InChI=1S/C19H25N/c1-3-19(12-6-7-13-19)18(20-2)17-11-10-15-8-4-5-9-16(15)14-17/h4-5,8-11,14,18,20H,3,6-7,12-13H2,1-2H3. The third kappa shape index (κ3) is 2.25. The third-order valence-corrected chi connectivity index (χ3v) is 5.31. The molecule has 0 heterocycles. The van der Waals surface area contributed by atoms with E-state index in [1.54, 1.807) is 0 Å². The molecule has 20 heavy (non-hydrogen) atoms. The third-order valence-electron chi connectivity index (χ3n) is 5.31. The van der Waals surface area contributed by atoms with Crippen LogP contribution in [-0.4, -0.2) is 7.05 Å². The minimum atomic E-state index is 0.456. The predicted octanol–water partition coefficient (Wildman–Crippen LogP) is 5.07. The zero-order chi connectivity index (χ0) is 14.0. The van der Waals surface area contributed by atoms with Crippen LogP contribution >= 0.6 is 0 Å². The first-order valence-electron chi connectivity index (χ1n) is 7.95. The van der Waals surface area contributed by atoms with E-state index < -0.39 is 0 Å². The van der Waals surface area contributed by atoms with Crippen molar-refractivity contribution in [3.8, 4) is 0 Å². The molecule has 1 atom stereocenters. The molecule has 106 valence electrons. The van der Waals surface area contributed by atoms with E-state index in [1.807, 2.05) is 0 Å². The Morgan fingerprint density at radius 1 is 1.05 bits per heavy atom. The van der Waals surface area contributed by atoms with E-state index in [-0.39, 0.29) is 0 Å². The van der Waals surface area contributed by atoms with Crippen molar-refractivity contribution in [1.29, 1.82) is 0 Å². The summed E-state index contributed by atoms with van der Waals surface area (Å²) in [6.07, 6.45) is 6.77. The Kier molecular flexibility index (Phi) is 3.80. The molecule has 1 heteroatoms. The summed E-state index contributed by atoms with van der Waals surface area (Å²) in [6.45, 7) is 2.36. The van der Waals surface area contributed by atoms with E-state index in [0.29, 0.717) is 11.5 Å². The Bertz CT molecular complexity index is 581. The second-order valence-corrected chi connectivity index (χ2v) is 6.25. The highest BCUT2D eigenvalue weighted by Gasteiger charge is 2.39. The van der Waals surface area contributed by atoms with Gasteiger partial charge in [0.2, 0.25) is 0 Å². The van der Waals surface area contributed by atoms with Gasteiger partial charge < -0.3 is 5.32 Å². The van der Waals surface area contributed by atoms with Crippen LogP contribution in [0.5, 0.6) is 0 Å². The van der Waals surface area contributed by atoms with Gasteiger partial charge >= 0.3 is 0 Å². The predicted molar refractivity (Wildman–Crippen MR) is 86.9 cm³/mol. The highest BCUT2D eigenvalue weighted by Crippen LogP contribution is 2.50. The number of hydrogen-bond acceptors (Lipinski definition) is 1. The van der Waals surface area contributed by atoms with Crippen molar-refractivity contribution in [2.24, 2.45) is 5.41 Å². The fraction of sp³-hybridized carbons (Fsp3) is 0.474. The Hall–Kier alpha value is -1.34. The quantitative estimate of drug-likeness (QED) is 0.815. The highest BCUT2D eigenvalue weighted by atomic mass is 14.9. The number of rotatable bonds is 4. The van der Waals surface area contributed by atoms with Crippen LogP contribution in [0.4, 0.5) is 0 Å². The summed E-state index contributed by atoms with van der Waals surface area (Å²) in [4.78, 5) is 0. The van der Waals surface area contributed by atoms with Crippen molar-refractivity contribution >= 4 is 10.8 Å². The fourth-order valence-electron chi connectivity index (χ4n) is 4.14. The van der Waals surface area contributed by atoms with Gasteiger partial charge in [-0.15, -0.1) is 0 Å². The maximum absolute atomic E-state index is 3.62. The summed E-state index contributed by atoms with van der Waals surface area (Å²) < 4.78 is 0. The monoisotopic (exact) mass is 267 g/mol. The van der Waals surface area contributed by atoms with Gasteiger partial charge in [0.15, 0.2) is 0 Å². The van der Waals surface area contributed by atoms with Gasteiger partial charge in [0.1, 0.15) is 0 Å². The molecule has 1 saturated carbocycles. The Balaban J connectivity index is 2.02. The molecular weight excluding hydrogens is 242 g/mol.